The number of pyridine rings is 1. The quantitative estimate of drug-likeness (QED) is 0.662. The van der Waals surface area contributed by atoms with Crippen LogP contribution in [0.1, 0.15) is 16.1 Å². The van der Waals surface area contributed by atoms with E-state index in [0.717, 1.165) is 22.6 Å². The number of halogens is 1. The highest BCUT2D eigenvalue weighted by atomic mass is 35.5. The first-order chi connectivity index (χ1) is 13.0. The van der Waals surface area contributed by atoms with E-state index in [2.05, 4.69) is 15.6 Å². The molecule has 6 heteroatoms. The molecular weight excluding hydrogens is 360 g/mol. The molecule has 138 valence electrons. The summed E-state index contributed by atoms with van der Waals surface area (Å²) in [6.07, 6.45) is 1.61. The average Bonchev–Trinajstić information content (AvgIpc) is 2.68. The maximum Gasteiger partial charge on any atom is 0.270 e. The molecule has 1 amide bonds. The summed E-state index contributed by atoms with van der Waals surface area (Å²) in [4.78, 5) is 18.6. The Morgan fingerprint density at radius 3 is 2.48 bits per heavy atom. The summed E-state index contributed by atoms with van der Waals surface area (Å²) >= 11 is 6.12. The molecule has 0 atom stereocenters. The van der Waals surface area contributed by atoms with E-state index in [1.807, 2.05) is 67.5 Å². The molecule has 0 radical (unpaired) electrons. The number of amides is 1. The van der Waals surface area contributed by atoms with Crippen molar-refractivity contribution in [1.82, 2.24) is 10.3 Å². The number of hydrogen-bond acceptors (Lipinski definition) is 4. The van der Waals surface area contributed by atoms with Gasteiger partial charge in [0.15, 0.2) is 0 Å². The van der Waals surface area contributed by atoms with E-state index in [1.165, 1.54) is 0 Å². The molecule has 5 nitrogen and oxygen atoms in total. The van der Waals surface area contributed by atoms with Crippen molar-refractivity contribution in [2.45, 2.75) is 6.54 Å². The van der Waals surface area contributed by atoms with Gasteiger partial charge < -0.3 is 15.5 Å². The van der Waals surface area contributed by atoms with Gasteiger partial charge in [-0.1, -0.05) is 29.8 Å². The number of benzene rings is 2. The molecule has 0 saturated heterocycles. The van der Waals surface area contributed by atoms with Crippen LogP contribution in [0.3, 0.4) is 0 Å². The molecule has 27 heavy (non-hydrogen) atoms. The third-order valence-electron chi connectivity index (χ3n) is 4.06. The lowest BCUT2D eigenvalue weighted by Crippen LogP contribution is -2.24. The van der Waals surface area contributed by atoms with Gasteiger partial charge in [-0.15, -0.1) is 0 Å². The van der Waals surface area contributed by atoms with E-state index in [4.69, 9.17) is 11.6 Å². The van der Waals surface area contributed by atoms with E-state index >= 15 is 0 Å². The summed E-state index contributed by atoms with van der Waals surface area (Å²) in [5.41, 5.74) is 4.06. The van der Waals surface area contributed by atoms with Crippen LogP contribution in [0.15, 0.2) is 66.9 Å². The van der Waals surface area contributed by atoms with Gasteiger partial charge in [0.25, 0.3) is 5.91 Å². The van der Waals surface area contributed by atoms with Gasteiger partial charge in [-0.25, -0.2) is 0 Å². The van der Waals surface area contributed by atoms with Crippen molar-refractivity contribution >= 4 is 34.6 Å². The second-order valence-corrected chi connectivity index (χ2v) is 6.68. The highest BCUT2D eigenvalue weighted by Gasteiger charge is 2.09. The zero-order chi connectivity index (χ0) is 19.2. The normalized spacial score (nSPS) is 10.3. The molecule has 0 saturated carbocycles. The molecule has 0 spiro atoms. The first kappa shape index (κ1) is 18.7. The van der Waals surface area contributed by atoms with Crippen LogP contribution in [0.25, 0.3) is 0 Å². The Morgan fingerprint density at radius 2 is 1.78 bits per heavy atom. The van der Waals surface area contributed by atoms with Crippen molar-refractivity contribution in [1.29, 1.82) is 0 Å². The fraction of sp³-hybridized carbons (Fsp3) is 0.143. The molecular formula is C21H21ClN4O. The third kappa shape index (κ3) is 4.99. The third-order valence-corrected chi connectivity index (χ3v) is 4.43. The van der Waals surface area contributed by atoms with E-state index in [1.54, 1.807) is 18.3 Å². The van der Waals surface area contributed by atoms with Crippen LogP contribution in [0, 0.1) is 0 Å². The maximum absolute atomic E-state index is 12.4. The van der Waals surface area contributed by atoms with Crippen LogP contribution >= 0.6 is 11.6 Å². The molecule has 3 aromatic rings. The summed E-state index contributed by atoms with van der Waals surface area (Å²) in [6, 6.07) is 19.0. The number of aromatic nitrogens is 1. The highest BCUT2D eigenvalue weighted by Crippen LogP contribution is 2.20. The Morgan fingerprint density at radius 1 is 1.04 bits per heavy atom. The summed E-state index contributed by atoms with van der Waals surface area (Å²) in [7, 11) is 4.00. The number of hydrogen-bond donors (Lipinski definition) is 2. The maximum atomic E-state index is 12.4. The number of anilines is 3. The zero-order valence-electron chi connectivity index (χ0n) is 15.2. The largest absolute Gasteiger partial charge is 0.378 e. The van der Waals surface area contributed by atoms with E-state index in [-0.39, 0.29) is 5.91 Å². The lowest BCUT2D eigenvalue weighted by atomic mass is 10.2. The van der Waals surface area contributed by atoms with Crippen LogP contribution in [-0.4, -0.2) is 25.0 Å². The van der Waals surface area contributed by atoms with Gasteiger partial charge in [0, 0.05) is 48.9 Å². The predicted molar refractivity (Wildman–Crippen MR) is 111 cm³/mol. The summed E-state index contributed by atoms with van der Waals surface area (Å²) < 4.78 is 0. The Hall–Kier alpha value is -3.05. The first-order valence-corrected chi connectivity index (χ1v) is 8.93. The van der Waals surface area contributed by atoms with Gasteiger partial charge in [-0.05, 0) is 48.0 Å². The van der Waals surface area contributed by atoms with Gasteiger partial charge in [0.2, 0.25) is 0 Å². The number of rotatable bonds is 6. The molecule has 1 heterocycles. The minimum absolute atomic E-state index is 0.249. The fourth-order valence-electron chi connectivity index (χ4n) is 2.55. The van der Waals surface area contributed by atoms with Crippen molar-refractivity contribution in [3.8, 4) is 0 Å². The smallest absolute Gasteiger partial charge is 0.270 e. The van der Waals surface area contributed by atoms with Crippen molar-refractivity contribution in [2.75, 3.05) is 24.3 Å². The number of nitrogens with zero attached hydrogens (tertiary/aromatic N) is 2. The molecule has 0 aliphatic carbocycles. The molecule has 3 rings (SSSR count). The fourth-order valence-corrected chi connectivity index (χ4v) is 2.75. The Bertz CT molecular complexity index is 925. The number of carbonyl (C=O) groups excluding carboxylic acids is 1. The van der Waals surface area contributed by atoms with Crippen LogP contribution in [0.5, 0.6) is 0 Å². The van der Waals surface area contributed by atoms with Crippen LogP contribution in [0.4, 0.5) is 17.1 Å². The predicted octanol–water partition coefficient (Wildman–Crippen LogP) is 4.47. The standard InChI is InChI=1S/C21H21ClN4O/c1-26(2)18-9-7-16(8-10-18)25-17-11-12-23-20(13-17)21(27)24-14-15-5-3-4-6-19(15)22/h3-13H,14H2,1-2H3,(H,23,25)(H,24,27). The molecule has 0 aliphatic heterocycles. The molecule has 0 aliphatic rings. The minimum atomic E-state index is -0.249. The van der Waals surface area contributed by atoms with Crippen LogP contribution in [-0.2, 0) is 6.54 Å². The Kier molecular flexibility index (Phi) is 5.94. The van der Waals surface area contributed by atoms with Gasteiger partial charge in [0.05, 0.1) is 0 Å². The number of carbonyl (C=O) groups is 1. The van der Waals surface area contributed by atoms with Gasteiger partial charge in [-0.2, -0.15) is 0 Å². The summed E-state index contributed by atoms with van der Waals surface area (Å²) in [5, 5.41) is 6.76. The molecule has 0 unspecified atom stereocenters. The summed E-state index contributed by atoms with van der Waals surface area (Å²) in [6.45, 7) is 0.351. The highest BCUT2D eigenvalue weighted by molar-refractivity contribution is 6.31. The van der Waals surface area contributed by atoms with Crippen LogP contribution in [0.2, 0.25) is 5.02 Å². The van der Waals surface area contributed by atoms with Crippen molar-refractivity contribution in [3.63, 3.8) is 0 Å². The second kappa shape index (κ2) is 8.56. The first-order valence-electron chi connectivity index (χ1n) is 8.55. The Balaban J connectivity index is 1.65. The molecule has 2 aromatic carbocycles. The van der Waals surface area contributed by atoms with Crippen molar-refractivity contribution in [2.24, 2.45) is 0 Å². The van der Waals surface area contributed by atoms with Crippen LogP contribution < -0.4 is 15.5 Å². The average molecular weight is 381 g/mol. The van der Waals surface area contributed by atoms with E-state index in [0.29, 0.717) is 17.3 Å². The molecule has 2 N–H and O–H groups in total. The number of nitrogens with one attached hydrogen (secondary N) is 2. The van der Waals surface area contributed by atoms with Gasteiger partial charge in [-0.3, -0.25) is 9.78 Å². The van der Waals surface area contributed by atoms with Gasteiger partial charge >= 0.3 is 0 Å². The monoisotopic (exact) mass is 380 g/mol. The van der Waals surface area contributed by atoms with Crippen molar-refractivity contribution in [3.05, 3.63) is 83.1 Å². The van der Waals surface area contributed by atoms with Crippen molar-refractivity contribution < 1.29 is 4.79 Å². The topological polar surface area (TPSA) is 57.3 Å². The lowest BCUT2D eigenvalue weighted by Gasteiger charge is -2.13. The zero-order valence-corrected chi connectivity index (χ0v) is 16.0. The molecule has 1 aromatic heterocycles. The Labute approximate surface area is 164 Å². The SMILES string of the molecule is CN(C)c1ccc(Nc2ccnc(C(=O)NCc3ccccc3Cl)c2)cc1. The van der Waals surface area contributed by atoms with E-state index in [9.17, 15) is 4.79 Å². The molecule has 0 bridgehead atoms. The lowest BCUT2D eigenvalue weighted by molar-refractivity contribution is 0.0946. The summed E-state index contributed by atoms with van der Waals surface area (Å²) in [5.74, 6) is -0.249. The second-order valence-electron chi connectivity index (χ2n) is 6.27. The minimum Gasteiger partial charge on any atom is -0.378 e. The molecule has 0 fully saturated rings. The van der Waals surface area contributed by atoms with Gasteiger partial charge in [0.1, 0.15) is 5.69 Å². The van der Waals surface area contributed by atoms with E-state index < -0.39 is 0 Å².